The number of ether oxygens (including phenoxy) is 3. The van der Waals surface area contributed by atoms with Crippen molar-refractivity contribution in [2.75, 3.05) is 6.54 Å². The summed E-state index contributed by atoms with van der Waals surface area (Å²) >= 11 is 0. The number of amides is 2. The van der Waals surface area contributed by atoms with Gasteiger partial charge in [-0.25, -0.2) is 0 Å². The van der Waals surface area contributed by atoms with E-state index in [1.165, 1.54) is 4.90 Å². The third-order valence-electron chi connectivity index (χ3n) is 5.97. The number of esters is 1. The maximum absolute atomic E-state index is 12.6. The summed E-state index contributed by atoms with van der Waals surface area (Å²) in [7, 11) is 0. The van der Waals surface area contributed by atoms with Gasteiger partial charge in [0.25, 0.3) is 11.8 Å². The van der Waals surface area contributed by atoms with Crippen molar-refractivity contribution in [2.45, 2.75) is 96.7 Å². The van der Waals surface area contributed by atoms with Gasteiger partial charge in [-0.1, -0.05) is 26.0 Å². The molecule has 2 fully saturated rings. The summed E-state index contributed by atoms with van der Waals surface area (Å²) in [5.74, 6) is -1.44. The molecule has 7 heteroatoms. The van der Waals surface area contributed by atoms with Gasteiger partial charge in [-0.2, -0.15) is 0 Å². The number of imide groups is 1. The molecule has 3 aliphatic rings. The van der Waals surface area contributed by atoms with E-state index in [1.807, 2.05) is 27.7 Å². The Hall–Kier alpha value is -2.25. The van der Waals surface area contributed by atoms with Crippen LogP contribution < -0.4 is 0 Å². The van der Waals surface area contributed by atoms with Gasteiger partial charge in [0.2, 0.25) is 0 Å². The highest BCUT2D eigenvalue weighted by molar-refractivity contribution is 6.21. The van der Waals surface area contributed by atoms with Crippen LogP contribution in [0.2, 0.25) is 0 Å². The highest BCUT2D eigenvalue weighted by Crippen LogP contribution is 2.42. The summed E-state index contributed by atoms with van der Waals surface area (Å²) in [6.45, 7) is 7.94. The zero-order valence-electron chi connectivity index (χ0n) is 19.6. The van der Waals surface area contributed by atoms with Gasteiger partial charge < -0.3 is 14.2 Å². The molecule has 32 heavy (non-hydrogen) atoms. The zero-order valence-corrected chi connectivity index (χ0v) is 19.6. The fraction of sp³-hybridized carbons (Fsp3) is 0.640. The molecule has 2 heterocycles. The van der Waals surface area contributed by atoms with E-state index in [-0.39, 0.29) is 49.1 Å². The molecule has 1 saturated carbocycles. The molecule has 176 valence electrons. The standard InChI is InChI=1S/C23H29NO6.C2H6/c1-15(2)28-20(25)14-17-13-16(29-23(30-17)10-5-6-11-23)9-12-24-21(26)18-7-3-4-8-19(18)22(24)27;1-2/h3-4,7-8,15-17H,5-6,9-14H2,1-2H3;1-2H3/t16-,17-;/m1./s1. The molecule has 7 nitrogen and oxygen atoms in total. The van der Waals surface area contributed by atoms with Crippen molar-refractivity contribution in [1.29, 1.82) is 0 Å². The van der Waals surface area contributed by atoms with Crippen LogP contribution in [0.4, 0.5) is 0 Å². The average molecular weight is 446 g/mol. The third kappa shape index (κ3) is 5.38. The van der Waals surface area contributed by atoms with E-state index >= 15 is 0 Å². The fourth-order valence-corrected chi connectivity index (χ4v) is 4.69. The van der Waals surface area contributed by atoms with Gasteiger partial charge in [-0.05, 0) is 45.2 Å². The minimum Gasteiger partial charge on any atom is -0.463 e. The van der Waals surface area contributed by atoms with Crippen LogP contribution >= 0.6 is 0 Å². The number of rotatable bonds is 6. The lowest BCUT2D eigenvalue weighted by Crippen LogP contribution is -2.48. The van der Waals surface area contributed by atoms with Crippen LogP contribution in [-0.4, -0.2) is 53.3 Å². The van der Waals surface area contributed by atoms with E-state index < -0.39 is 5.79 Å². The largest absolute Gasteiger partial charge is 0.463 e. The minimum atomic E-state index is -0.659. The Labute approximate surface area is 190 Å². The Kier molecular flexibility index (Phi) is 8.06. The van der Waals surface area contributed by atoms with E-state index in [9.17, 15) is 14.4 Å². The number of carbonyl (C=O) groups excluding carboxylic acids is 3. The Balaban J connectivity index is 0.00000141. The molecule has 0 bridgehead atoms. The van der Waals surface area contributed by atoms with E-state index in [0.717, 1.165) is 25.7 Å². The quantitative estimate of drug-likeness (QED) is 0.474. The molecule has 1 aliphatic carbocycles. The lowest BCUT2D eigenvalue weighted by Gasteiger charge is -2.43. The number of hydrogen-bond donors (Lipinski definition) is 0. The van der Waals surface area contributed by atoms with Crippen LogP contribution in [0.25, 0.3) is 0 Å². The Morgan fingerprint density at radius 3 is 2.19 bits per heavy atom. The second-order valence-electron chi connectivity index (χ2n) is 8.67. The molecule has 1 aromatic rings. The van der Waals surface area contributed by atoms with Crippen molar-refractivity contribution < 1.29 is 28.6 Å². The van der Waals surface area contributed by atoms with E-state index in [2.05, 4.69) is 0 Å². The summed E-state index contributed by atoms with van der Waals surface area (Å²) in [4.78, 5) is 38.7. The lowest BCUT2D eigenvalue weighted by atomic mass is 10.0. The molecular formula is C25H35NO6. The predicted octanol–water partition coefficient (Wildman–Crippen LogP) is 4.49. The maximum Gasteiger partial charge on any atom is 0.308 e. The number of hydrogen-bond acceptors (Lipinski definition) is 6. The van der Waals surface area contributed by atoms with Gasteiger partial charge in [0.05, 0.1) is 35.9 Å². The summed E-state index contributed by atoms with van der Waals surface area (Å²) < 4.78 is 17.8. The Morgan fingerprint density at radius 2 is 1.62 bits per heavy atom. The van der Waals surface area contributed by atoms with Gasteiger partial charge in [0.1, 0.15) is 0 Å². The van der Waals surface area contributed by atoms with Crippen molar-refractivity contribution in [2.24, 2.45) is 0 Å². The van der Waals surface area contributed by atoms with Crippen LogP contribution in [0, 0.1) is 0 Å². The predicted molar refractivity (Wildman–Crippen MR) is 119 cm³/mol. The van der Waals surface area contributed by atoms with Crippen molar-refractivity contribution in [3.05, 3.63) is 35.4 Å². The van der Waals surface area contributed by atoms with Crippen LogP contribution in [0.3, 0.4) is 0 Å². The molecule has 0 aromatic heterocycles. The van der Waals surface area contributed by atoms with Crippen LogP contribution in [-0.2, 0) is 19.0 Å². The monoisotopic (exact) mass is 445 g/mol. The topological polar surface area (TPSA) is 82.1 Å². The zero-order chi connectivity index (χ0) is 23.3. The van der Waals surface area contributed by atoms with E-state index in [0.29, 0.717) is 24.0 Å². The Morgan fingerprint density at radius 1 is 1.06 bits per heavy atom. The van der Waals surface area contributed by atoms with E-state index in [1.54, 1.807) is 24.3 Å². The molecule has 0 unspecified atom stereocenters. The normalized spacial score (nSPS) is 23.8. The highest BCUT2D eigenvalue weighted by atomic mass is 16.7. The smallest absolute Gasteiger partial charge is 0.308 e. The molecule has 1 saturated heterocycles. The van der Waals surface area contributed by atoms with Gasteiger partial charge in [0.15, 0.2) is 5.79 Å². The first kappa shape index (κ1) is 24.4. The third-order valence-corrected chi connectivity index (χ3v) is 5.97. The summed E-state index contributed by atoms with van der Waals surface area (Å²) in [6, 6.07) is 6.90. The first-order valence-electron chi connectivity index (χ1n) is 11.9. The number of fused-ring (bicyclic) bond motifs is 1. The summed E-state index contributed by atoms with van der Waals surface area (Å²) in [5, 5.41) is 0. The van der Waals surface area contributed by atoms with Crippen molar-refractivity contribution in [3.8, 4) is 0 Å². The van der Waals surface area contributed by atoms with Gasteiger partial charge in [-0.15, -0.1) is 0 Å². The van der Waals surface area contributed by atoms with Crippen molar-refractivity contribution >= 4 is 17.8 Å². The van der Waals surface area contributed by atoms with Crippen LogP contribution in [0.5, 0.6) is 0 Å². The lowest BCUT2D eigenvalue weighted by molar-refractivity contribution is -0.315. The first-order chi connectivity index (χ1) is 15.4. The number of benzene rings is 1. The molecule has 2 amide bonds. The van der Waals surface area contributed by atoms with Crippen LogP contribution in [0.15, 0.2) is 24.3 Å². The minimum absolute atomic E-state index is 0.164. The second kappa shape index (κ2) is 10.6. The van der Waals surface area contributed by atoms with Gasteiger partial charge in [-0.3, -0.25) is 19.3 Å². The summed E-state index contributed by atoms with van der Waals surface area (Å²) in [6.07, 6.45) is 4.26. The van der Waals surface area contributed by atoms with Gasteiger partial charge in [0, 0.05) is 25.8 Å². The number of carbonyl (C=O) groups is 3. The van der Waals surface area contributed by atoms with E-state index in [4.69, 9.17) is 14.2 Å². The highest BCUT2D eigenvalue weighted by Gasteiger charge is 2.45. The molecule has 0 radical (unpaired) electrons. The van der Waals surface area contributed by atoms with Gasteiger partial charge >= 0.3 is 5.97 Å². The van der Waals surface area contributed by atoms with Crippen molar-refractivity contribution in [1.82, 2.24) is 4.90 Å². The summed E-state index contributed by atoms with van der Waals surface area (Å²) in [5.41, 5.74) is 0.911. The number of nitrogens with zero attached hydrogens (tertiary/aromatic N) is 1. The molecule has 2 aliphatic heterocycles. The fourth-order valence-electron chi connectivity index (χ4n) is 4.69. The maximum atomic E-state index is 12.6. The molecule has 1 aromatic carbocycles. The van der Waals surface area contributed by atoms with Crippen LogP contribution in [0.1, 0.15) is 93.4 Å². The Bertz CT molecular complexity index is 794. The molecule has 1 spiro atoms. The molecule has 2 atom stereocenters. The van der Waals surface area contributed by atoms with Crippen molar-refractivity contribution in [3.63, 3.8) is 0 Å². The first-order valence-corrected chi connectivity index (χ1v) is 11.9. The molecule has 0 N–H and O–H groups in total. The molecular weight excluding hydrogens is 410 g/mol. The average Bonchev–Trinajstić information content (AvgIpc) is 3.30. The SMILES string of the molecule is CC.CC(C)OC(=O)C[C@H]1C[C@@H](CCN2C(=O)c3ccccc3C2=O)OC2(CCCC2)O1. The second-order valence-corrected chi connectivity index (χ2v) is 8.67. The molecule has 4 rings (SSSR count).